The van der Waals surface area contributed by atoms with Gasteiger partial charge in [-0.05, 0) is 37.5 Å². The van der Waals surface area contributed by atoms with E-state index in [4.69, 9.17) is 4.74 Å². The van der Waals surface area contributed by atoms with Crippen LogP contribution in [0.4, 0.5) is 5.69 Å². The second-order valence-corrected chi connectivity index (χ2v) is 8.76. The summed E-state index contributed by atoms with van der Waals surface area (Å²) >= 11 is 0. The minimum atomic E-state index is -3.40. The minimum Gasteiger partial charge on any atom is -0.492 e. The minimum absolute atomic E-state index is 0.0658. The highest BCUT2D eigenvalue weighted by atomic mass is 32.2. The van der Waals surface area contributed by atoms with E-state index in [2.05, 4.69) is 10.4 Å². The zero-order valence-electron chi connectivity index (χ0n) is 16.0. The average Bonchev–Trinajstić information content (AvgIpc) is 3.34. The maximum absolute atomic E-state index is 12.7. The summed E-state index contributed by atoms with van der Waals surface area (Å²) in [6, 6.07) is 8.30. The smallest absolute Gasteiger partial charge is 0.242 e. The maximum atomic E-state index is 12.7. The lowest BCUT2D eigenvalue weighted by Crippen LogP contribution is -2.44. The van der Waals surface area contributed by atoms with Crippen molar-refractivity contribution in [2.75, 3.05) is 24.2 Å². The van der Waals surface area contributed by atoms with Crippen molar-refractivity contribution in [1.29, 1.82) is 0 Å². The van der Waals surface area contributed by atoms with Crippen LogP contribution < -0.4 is 10.1 Å². The number of rotatable bonds is 9. The van der Waals surface area contributed by atoms with E-state index in [1.165, 1.54) is 4.31 Å². The van der Waals surface area contributed by atoms with Gasteiger partial charge in [0.15, 0.2) is 0 Å². The first kappa shape index (κ1) is 20.3. The fraction of sp³-hybridized carbons (Fsp3) is 0.474. The van der Waals surface area contributed by atoms with Crippen LogP contribution in [0.2, 0.25) is 0 Å². The Morgan fingerprint density at radius 1 is 1.36 bits per heavy atom. The van der Waals surface area contributed by atoms with E-state index in [0.29, 0.717) is 50.4 Å². The molecule has 1 aliphatic heterocycles. The largest absolute Gasteiger partial charge is 0.492 e. The topological polar surface area (TPSA) is 93.5 Å². The summed E-state index contributed by atoms with van der Waals surface area (Å²) in [4.78, 5) is 12.7. The van der Waals surface area contributed by atoms with Crippen molar-refractivity contribution in [2.24, 2.45) is 0 Å². The fourth-order valence-corrected chi connectivity index (χ4v) is 5.04. The van der Waals surface area contributed by atoms with E-state index >= 15 is 0 Å². The molecule has 1 saturated heterocycles. The SMILES string of the molecule is CCCS(=O)(=O)N1CCCC1C(=O)Nc1cccc(OCCn2cccn2)c1. The molecule has 1 atom stereocenters. The molecule has 1 unspecified atom stereocenters. The van der Waals surface area contributed by atoms with Crippen molar-refractivity contribution in [3.8, 4) is 5.75 Å². The van der Waals surface area contributed by atoms with Gasteiger partial charge >= 0.3 is 0 Å². The van der Waals surface area contributed by atoms with E-state index in [0.717, 1.165) is 0 Å². The van der Waals surface area contributed by atoms with Crippen molar-refractivity contribution in [1.82, 2.24) is 14.1 Å². The van der Waals surface area contributed by atoms with Gasteiger partial charge in [0, 0.05) is 30.7 Å². The van der Waals surface area contributed by atoms with Gasteiger partial charge in [0.1, 0.15) is 18.4 Å². The molecule has 1 aromatic carbocycles. The van der Waals surface area contributed by atoms with Gasteiger partial charge in [0.25, 0.3) is 0 Å². The molecule has 3 rings (SSSR count). The number of carbonyl (C=O) groups is 1. The number of aromatic nitrogens is 2. The molecule has 1 aliphatic rings. The van der Waals surface area contributed by atoms with Crippen LogP contribution in [-0.2, 0) is 21.4 Å². The van der Waals surface area contributed by atoms with Crippen LogP contribution in [0.5, 0.6) is 5.75 Å². The first-order chi connectivity index (χ1) is 13.5. The highest BCUT2D eigenvalue weighted by Crippen LogP contribution is 2.24. The van der Waals surface area contributed by atoms with Crippen LogP contribution in [0.3, 0.4) is 0 Å². The summed E-state index contributed by atoms with van der Waals surface area (Å²) in [6.07, 6.45) is 5.33. The lowest BCUT2D eigenvalue weighted by atomic mass is 10.2. The fourth-order valence-electron chi connectivity index (χ4n) is 3.29. The van der Waals surface area contributed by atoms with Gasteiger partial charge in [-0.2, -0.15) is 9.40 Å². The van der Waals surface area contributed by atoms with Crippen molar-refractivity contribution in [3.63, 3.8) is 0 Å². The molecule has 152 valence electrons. The summed E-state index contributed by atoms with van der Waals surface area (Å²) in [6.45, 7) is 3.29. The van der Waals surface area contributed by atoms with Crippen LogP contribution in [0, 0.1) is 0 Å². The molecule has 1 N–H and O–H groups in total. The van der Waals surface area contributed by atoms with Crippen molar-refractivity contribution in [2.45, 2.75) is 38.8 Å². The molecular weight excluding hydrogens is 380 g/mol. The molecule has 0 radical (unpaired) electrons. The quantitative estimate of drug-likeness (QED) is 0.688. The number of carbonyl (C=O) groups excluding carboxylic acids is 1. The first-order valence-electron chi connectivity index (χ1n) is 9.50. The molecule has 0 bridgehead atoms. The highest BCUT2D eigenvalue weighted by molar-refractivity contribution is 7.89. The van der Waals surface area contributed by atoms with Crippen LogP contribution >= 0.6 is 0 Å². The summed E-state index contributed by atoms with van der Waals surface area (Å²) in [5.41, 5.74) is 0.585. The number of hydrogen-bond acceptors (Lipinski definition) is 5. The molecule has 1 aromatic heterocycles. The van der Waals surface area contributed by atoms with E-state index < -0.39 is 16.1 Å². The van der Waals surface area contributed by atoms with Crippen molar-refractivity contribution < 1.29 is 17.9 Å². The predicted molar refractivity (Wildman–Crippen MR) is 107 cm³/mol. The van der Waals surface area contributed by atoms with Gasteiger partial charge in [-0.3, -0.25) is 9.48 Å². The highest BCUT2D eigenvalue weighted by Gasteiger charge is 2.38. The van der Waals surface area contributed by atoms with Crippen LogP contribution in [0.1, 0.15) is 26.2 Å². The number of amides is 1. The molecular formula is C19H26N4O4S. The van der Waals surface area contributed by atoms with E-state index in [1.807, 2.05) is 25.3 Å². The van der Waals surface area contributed by atoms with Gasteiger partial charge in [0.2, 0.25) is 15.9 Å². The van der Waals surface area contributed by atoms with Crippen LogP contribution in [0.15, 0.2) is 42.7 Å². The zero-order valence-corrected chi connectivity index (χ0v) is 16.8. The van der Waals surface area contributed by atoms with Crippen LogP contribution in [-0.4, -0.2) is 53.4 Å². The molecule has 2 aromatic rings. The average molecular weight is 407 g/mol. The van der Waals surface area contributed by atoms with E-state index in [1.54, 1.807) is 29.1 Å². The molecule has 28 heavy (non-hydrogen) atoms. The van der Waals surface area contributed by atoms with Gasteiger partial charge < -0.3 is 10.1 Å². The van der Waals surface area contributed by atoms with Crippen molar-refractivity contribution in [3.05, 3.63) is 42.7 Å². The molecule has 0 spiro atoms. The Morgan fingerprint density at radius 3 is 2.96 bits per heavy atom. The normalized spacial score (nSPS) is 17.5. The lowest BCUT2D eigenvalue weighted by Gasteiger charge is -2.23. The summed E-state index contributed by atoms with van der Waals surface area (Å²) < 4.78 is 33.6. The second kappa shape index (κ2) is 9.20. The Balaban J connectivity index is 1.59. The Kier molecular flexibility index (Phi) is 6.69. The molecule has 8 nitrogen and oxygen atoms in total. The summed E-state index contributed by atoms with van der Waals surface area (Å²) in [5.74, 6) is 0.397. The molecule has 9 heteroatoms. The number of benzene rings is 1. The summed E-state index contributed by atoms with van der Waals surface area (Å²) in [5, 5.41) is 6.94. The Hall–Kier alpha value is -2.39. The van der Waals surface area contributed by atoms with Crippen LogP contribution in [0.25, 0.3) is 0 Å². The molecule has 1 fully saturated rings. The third-order valence-electron chi connectivity index (χ3n) is 4.58. The van der Waals surface area contributed by atoms with Gasteiger partial charge in [-0.1, -0.05) is 13.0 Å². The van der Waals surface area contributed by atoms with E-state index in [-0.39, 0.29) is 11.7 Å². The molecule has 2 heterocycles. The third-order valence-corrected chi connectivity index (χ3v) is 6.65. The number of nitrogens with one attached hydrogen (secondary N) is 1. The molecule has 0 aliphatic carbocycles. The summed E-state index contributed by atoms with van der Waals surface area (Å²) in [7, 11) is -3.40. The number of hydrogen-bond donors (Lipinski definition) is 1. The predicted octanol–water partition coefficient (Wildman–Crippen LogP) is 2.10. The lowest BCUT2D eigenvalue weighted by molar-refractivity contribution is -0.119. The molecule has 1 amide bonds. The Morgan fingerprint density at radius 2 is 2.21 bits per heavy atom. The zero-order chi connectivity index (χ0) is 20.0. The number of nitrogens with zero attached hydrogens (tertiary/aromatic N) is 3. The monoisotopic (exact) mass is 406 g/mol. The Bertz CT molecular complexity index is 883. The standard InChI is InChI=1S/C19H26N4O4S/c1-2-14-28(25,26)23-11-4-8-18(23)19(24)21-16-6-3-7-17(15-16)27-13-12-22-10-5-9-20-22/h3,5-7,9-10,15,18H,2,4,8,11-14H2,1H3,(H,21,24). The van der Waals surface area contributed by atoms with E-state index in [9.17, 15) is 13.2 Å². The maximum Gasteiger partial charge on any atom is 0.242 e. The van der Waals surface area contributed by atoms with Crippen molar-refractivity contribution >= 4 is 21.6 Å². The number of ether oxygens (including phenoxy) is 1. The Labute approximate surface area is 165 Å². The number of sulfonamides is 1. The van der Waals surface area contributed by atoms with Gasteiger partial charge in [-0.25, -0.2) is 8.42 Å². The van der Waals surface area contributed by atoms with Gasteiger partial charge in [-0.15, -0.1) is 0 Å². The third kappa shape index (κ3) is 5.11. The van der Waals surface area contributed by atoms with Gasteiger partial charge in [0.05, 0.1) is 12.3 Å². The second-order valence-electron chi connectivity index (χ2n) is 6.72. The molecule has 0 saturated carbocycles. The first-order valence-corrected chi connectivity index (χ1v) is 11.1. The number of anilines is 1.